The molecule has 0 atom stereocenters. The van der Waals surface area contributed by atoms with Gasteiger partial charge in [-0.15, -0.1) is 0 Å². The minimum atomic E-state index is -0.178. The number of hydrogen-bond donors (Lipinski definition) is 0. The Labute approximate surface area is 156 Å². The Hall–Kier alpha value is -1.89. The van der Waals surface area contributed by atoms with Crippen LogP contribution in [0.1, 0.15) is 32.7 Å². The van der Waals surface area contributed by atoms with Crippen molar-refractivity contribution in [2.75, 3.05) is 0 Å². The number of hydrogen-bond acceptors (Lipinski definition) is 0. The molecule has 0 amide bonds. The summed E-state index contributed by atoms with van der Waals surface area (Å²) in [5.74, 6) is 0.361. The van der Waals surface area contributed by atoms with Crippen LogP contribution in [0.15, 0.2) is 104 Å². The molecular weight excluding hydrogens is 324 g/mol. The number of allylic oxidation sites excluding steroid dienone is 8. The predicted molar refractivity (Wildman–Crippen MR) is 99.6 cm³/mol. The summed E-state index contributed by atoms with van der Waals surface area (Å²) in [5, 5.41) is 0. The van der Waals surface area contributed by atoms with E-state index in [-0.39, 0.29) is 22.0 Å². The second-order valence-electron chi connectivity index (χ2n) is 6.24. The summed E-state index contributed by atoms with van der Waals surface area (Å²) in [5.41, 5.74) is 4.33. The molecule has 0 unspecified atom stereocenters. The Bertz CT molecular complexity index is 794. The van der Waals surface area contributed by atoms with Crippen LogP contribution in [0.3, 0.4) is 0 Å². The fourth-order valence-corrected chi connectivity index (χ4v) is 5.65. The van der Waals surface area contributed by atoms with Crippen LogP contribution in [0.2, 0.25) is 0 Å². The van der Waals surface area contributed by atoms with Crippen molar-refractivity contribution in [3.8, 4) is 0 Å². The molecule has 0 spiro atoms. The number of benzene rings is 2. The third-order valence-corrected chi connectivity index (χ3v) is 6.95. The van der Waals surface area contributed by atoms with E-state index >= 15 is 0 Å². The van der Waals surface area contributed by atoms with E-state index in [0.717, 1.165) is 12.8 Å². The first-order valence-corrected chi connectivity index (χ1v) is 10.1. The fourth-order valence-electron chi connectivity index (χ4n) is 3.49. The summed E-state index contributed by atoms with van der Waals surface area (Å²) < 4.78 is 3.36. The largest absolute Gasteiger partial charge is 1.00 e. The van der Waals surface area contributed by atoms with Crippen LogP contribution in [-0.2, 0) is 19.2 Å². The zero-order valence-corrected chi connectivity index (χ0v) is 15.2. The molecule has 0 nitrogen and oxygen atoms in total. The zero-order valence-electron chi connectivity index (χ0n) is 15.7. The van der Waals surface area contributed by atoms with Gasteiger partial charge < -0.3 is 2.85 Å². The maximum Gasteiger partial charge on any atom is -1.00 e. The van der Waals surface area contributed by atoms with Crippen molar-refractivity contribution in [1.29, 1.82) is 0 Å². The van der Waals surface area contributed by atoms with Crippen molar-refractivity contribution in [3.05, 3.63) is 115 Å². The van der Waals surface area contributed by atoms with Gasteiger partial charge >= 0.3 is 153 Å². The van der Waals surface area contributed by atoms with Gasteiger partial charge in [0.25, 0.3) is 0 Å². The molecule has 1 heteroatoms. The Morgan fingerprint density at radius 1 is 0.792 bits per heavy atom. The van der Waals surface area contributed by atoms with Gasteiger partial charge in [0.1, 0.15) is 0 Å². The van der Waals surface area contributed by atoms with E-state index in [1.54, 1.807) is 13.3 Å². The molecule has 4 rings (SSSR count). The average molecular weight is 346 g/mol. The van der Waals surface area contributed by atoms with Gasteiger partial charge in [-0.1, -0.05) is 0 Å². The molecule has 2 aliphatic rings. The van der Waals surface area contributed by atoms with E-state index in [2.05, 4.69) is 91.0 Å². The van der Waals surface area contributed by atoms with E-state index in [1.807, 2.05) is 0 Å². The van der Waals surface area contributed by atoms with Gasteiger partial charge in [0.15, 0.2) is 0 Å². The Kier molecular flexibility index (Phi) is 4.78. The minimum absolute atomic E-state index is 0. The maximum atomic E-state index is 2.38. The first kappa shape index (κ1) is 15.6. The summed E-state index contributed by atoms with van der Waals surface area (Å²) in [4.78, 5) is 0. The summed E-state index contributed by atoms with van der Waals surface area (Å²) in [6.07, 6.45) is 13.9. The van der Waals surface area contributed by atoms with Gasteiger partial charge in [-0.2, -0.15) is 0 Å². The van der Waals surface area contributed by atoms with E-state index in [1.165, 1.54) is 11.1 Å². The van der Waals surface area contributed by atoms with Crippen molar-refractivity contribution in [1.82, 2.24) is 0 Å². The summed E-state index contributed by atoms with van der Waals surface area (Å²) in [6, 6.07) is 21.9. The van der Waals surface area contributed by atoms with Gasteiger partial charge in [-0.25, -0.2) is 0 Å². The third-order valence-electron chi connectivity index (χ3n) is 4.63. The van der Waals surface area contributed by atoms with Gasteiger partial charge in [-0.3, -0.25) is 0 Å². The van der Waals surface area contributed by atoms with E-state index < -0.39 is 0 Å². The van der Waals surface area contributed by atoms with E-state index in [9.17, 15) is 0 Å². The number of rotatable bonds is 5. The summed E-state index contributed by atoms with van der Waals surface area (Å²) in [7, 11) is 0. The van der Waals surface area contributed by atoms with Gasteiger partial charge in [0.05, 0.1) is 0 Å². The Balaban J connectivity index is 0.00000121. The van der Waals surface area contributed by atoms with Gasteiger partial charge in [-0.05, 0) is 0 Å². The quantitative estimate of drug-likeness (QED) is 0.567. The van der Waals surface area contributed by atoms with Gasteiger partial charge in [0, 0.05) is 0 Å². The molecule has 0 N–H and O–H groups in total. The Morgan fingerprint density at radius 2 is 1.46 bits per heavy atom. The van der Waals surface area contributed by atoms with Crippen molar-refractivity contribution in [2.45, 2.75) is 18.8 Å². The second kappa shape index (κ2) is 7.34. The zero-order chi connectivity index (χ0) is 16.2. The average Bonchev–Trinajstić information content (AvgIpc) is 3.30. The van der Waals surface area contributed by atoms with Crippen molar-refractivity contribution in [2.24, 2.45) is 0 Å². The molecule has 0 bridgehead atoms. The SMILES string of the molecule is C1=CC[C]([Ti][C]2=C(C(c3ccccc3)c3ccccc3)C=CC2)=C1.[H-].[H-]. The summed E-state index contributed by atoms with van der Waals surface area (Å²) in [6.45, 7) is 0. The Morgan fingerprint density at radius 3 is 2.04 bits per heavy atom. The molecule has 120 valence electrons. The third kappa shape index (κ3) is 3.31. The molecule has 24 heavy (non-hydrogen) atoms. The topological polar surface area (TPSA) is 0 Å². The second-order valence-corrected chi connectivity index (χ2v) is 8.58. The molecule has 2 aliphatic carbocycles. The minimum Gasteiger partial charge on any atom is -1.00 e. The standard InChI is InChI=1S/C18H15.C5H5.Ti.2H/c1-3-9-15(10-4-1)18(17-13-7-8-14-17)16-11-5-2-6-12-16;1-2-4-5-3-1;;;/h1-7,9-13,18H,8H2;1-3H,4H2;;;/q;;;2*-1. The summed E-state index contributed by atoms with van der Waals surface area (Å²) >= 11 is -0.178. The molecule has 0 radical (unpaired) electrons. The van der Waals surface area contributed by atoms with Crippen molar-refractivity contribution in [3.63, 3.8) is 0 Å². The van der Waals surface area contributed by atoms with E-state index in [4.69, 9.17) is 0 Å². The van der Waals surface area contributed by atoms with Crippen molar-refractivity contribution >= 4 is 0 Å². The molecule has 0 fully saturated rings. The molecule has 0 heterocycles. The monoisotopic (exact) mass is 346 g/mol. The van der Waals surface area contributed by atoms with Crippen LogP contribution in [-0.4, -0.2) is 0 Å². The van der Waals surface area contributed by atoms with Crippen molar-refractivity contribution < 1.29 is 22.0 Å². The van der Waals surface area contributed by atoms with Crippen LogP contribution in [0.5, 0.6) is 0 Å². The van der Waals surface area contributed by atoms with Crippen LogP contribution < -0.4 is 0 Å². The van der Waals surface area contributed by atoms with Crippen LogP contribution in [0.25, 0.3) is 0 Å². The van der Waals surface area contributed by atoms with Gasteiger partial charge in [0.2, 0.25) is 0 Å². The molecule has 0 saturated carbocycles. The fraction of sp³-hybridized carbons (Fsp3) is 0.130. The first-order chi connectivity index (χ1) is 11.9. The normalized spacial score (nSPS) is 16.1. The predicted octanol–water partition coefficient (Wildman–Crippen LogP) is 6.18. The molecule has 2 aromatic carbocycles. The molecule has 0 aliphatic heterocycles. The molecule has 2 aromatic rings. The van der Waals surface area contributed by atoms with Crippen LogP contribution in [0, 0.1) is 0 Å². The first-order valence-electron chi connectivity index (χ1n) is 8.54. The van der Waals surface area contributed by atoms with Crippen LogP contribution >= 0.6 is 0 Å². The van der Waals surface area contributed by atoms with E-state index in [0.29, 0.717) is 5.92 Å². The maximum absolute atomic E-state index is 2.38. The molecule has 0 saturated heterocycles. The smallest absolute Gasteiger partial charge is 1.00 e. The molecular formula is C23H22Ti-2. The molecule has 0 aromatic heterocycles. The van der Waals surface area contributed by atoms with Crippen LogP contribution in [0.4, 0.5) is 0 Å².